The molecule has 22 heavy (non-hydrogen) atoms. The van der Waals surface area contributed by atoms with E-state index in [2.05, 4.69) is 5.32 Å². The minimum atomic E-state index is -4.54. The van der Waals surface area contributed by atoms with Crippen molar-refractivity contribution in [3.63, 3.8) is 0 Å². The highest BCUT2D eigenvalue weighted by atomic mass is 19.4. The summed E-state index contributed by atoms with van der Waals surface area (Å²) in [5.74, 6) is -0.748. The molecule has 0 heterocycles. The molecular weight excluding hydrogens is 299 g/mol. The molecule has 2 amide bonds. The molecule has 1 aromatic rings. The van der Waals surface area contributed by atoms with Gasteiger partial charge in [0.05, 0.1) is 18.3 Å². The maximum absolute atomic E-state index is 12.8. The Labute approximate surface area is 126 Å². The van der Waals surface area contributed by atoms with Crippen LogP contribution in [-0.4, -0.2) is 50.9 Å². The molecule has 0 bridgehead atoms. The van der Waals surface area contributed by atoms with E-state index >= 15 is 0 Å². The average Bonchev–Trinajstić information content (AvgIpc) is 2.37. The lowest BCUT2D eigenvalue weighted by Crippen LogP contribution is -3.11. The lowest BCUT2D eigenvalue weighted by molar-refractivity contribution is -0.862. The van der Waals surface area contributed by atoms with Gasteiger partial charge in [-0.3, -0.25) is 9.59 Å². The van der Waals surface area contributed by atoms with Gasteiger partial charge in [0.15, 0.2) is 13.1 Å². The van der Waals surface area contributed by atoms with E-state index in [4.69, 9.17) is 0 Å². The molecule has 8 heteroatoms. The summed E-state index contributed by atoms with van der Waals surface area (Å²) in [6.45, 7) is -0.0207. The van der Waals surface area contributed by atoms with E-state index in [1.54, 1.807) is 21.1 Å². The van der Waals surface area contributed by atoms with Crippen LogP contribution in [0.2, 0.25) is 0 Å². The van der Waals surface area contributed by atoms with E-state index in [0.29, 0.717) is 4.90 Å². The molecule has 0 aliphatic rings. The van der Waals surface area contributed by atoms with Crippen LogP contribution >= 0.6 is 0 Å². The van der Waals surface area contributed by atoms with Crippen molar-refractivity contribution in [3.8, 4) is 0 Å². The molecule has 0 aliphatic carbocycles. The molecular formula is C14H19F3N3O2+. The molecule has 1 rings (SSSR count). The van der Waals surface area contributed by atoms with Crippen LogP contribution in [0.3, 0.4) is 0 Å². The van der Waals surface area contributed by atoms with Gasteiger partial charge in [-0.05, 0) is 12.1 Å². The van der Waals surface area contributed by atoms with Gasteiger partial charge in [0.2, 0.25) is 0 Å². The van der Waals surface area contributed by atoms with Crippen LogP contribution in [0.15, 0.2) is 24.3 Å². The molecule has 0 spiro atoms. The van der Waals surface area contributed by atoms with Gasteiger partial charge in [0, 0.05) is 14.1 Å². The van der Waals surface area contributed by atoms with Gasteiger partial charge >= 0.3 is 6.18 Å². The second-order valence-electron chi connectivity index (χ2n) is 5.19. The molecule has 122 valence electrons. The first kappa shape index (κ1) is 18.0. The number of alkyl halides is 3. The number of quaternary nitrogens is 1. The van der Waals surface area contributed by atoms with Crippen molar-refractivity contribution in [1.29, 1.82) is 0 Å². The van der Waals surface area contributed by atoms with E-state index < -0.39 is 17.6 Å². The summed E-state index contributed by atoms with van der Waals surface area (Å²) in [6, 6.07) is 4.77. The van der Waals surface area contributed by atoms with Crippen molar-refractivity contribution in [2.75, 3.05) is 39.5 Å². The Balaban J connectivity index is 2.69. The van der Waals surface area contributed by atoms with Gasteiger partial charge in [-0.2, -0.15) is 13.2 Å². The number of rotatable bonds is 5. The summed E-state index contributed by atoms with van der Waals surface area (Å²) in [5, 5.41) is 2.25. The predicted octanol–water partition coefficient (Wildman–Crippen LogP) is 0.247. The van der Waals surface area contributed by atoms with Crippen molar-refractivity contribution >= 4 is 17.5 Å². The van der Waals surface area contributed by atoms with Crippen LogP contribution in [0.1, 0.15) is 5.56 Å². The number of likely N-dealkylation sites (N-methyl/N-ethyl adjacent to an activating group) is 2. The van der Waals surface area contributed by atoms with Gasteiger partial charge in [0.1, 0.15) is 0 Å². The Morgan fingerprint density at radius 3 is 2.32 bits per heavy atom. The van der Waals surface area contributed by atoms with Crippen LogP contribution in [0.5, 0.6) is 0 Å². The van der Waals surface area contributed by atoms with Gasteiger partial charge in [-0.15, -0.1) is 0 Å². The predicted molar refractivity (Wildman–Crippen MR) is 75.4 cm³/mol. The third kappa shape index (κ3) is 5.36. The summed E-state index contributed by atoms with van der Waals surface area (Å²) >= 11 is 0. The quantitative estimate of drug-likeness (QED) is 0.818. The highest BCUT2D eigenvalue weighted by molar-refractivity contribution is 5.92. The van der Waals surface area contributed by atoms with Gasteiger partial charge in [0.25, 0.3) is 11.8 Å². The van der Waals surface area contributed by atoms with Gasteiger partial charge < -0.3 is 15.1 Å². The summed E-state index contributed by atoms with van der Waals surface area (Å²) < 4.78 is 38.4. The fourth-order valence-corrected chi connectivity index (χ4v) is 1.79. The number of amides is 2. The number of anilines is 1. The van der Waals surface area contributed by atoms with Crippen molar-refractivity contribution in [3.05, 3.63) is 29.8 Å². The Morgan fingerprint density at radius 2 is 1.77 bits per heavy atom. The smallest absolute Gasteiger partial charge is 0.344 e. The summed E-state index contributed by atoms with van der Waals surface area (Å²) in [6.07, 6.45) is -4.54. The molecule has 1 atom stereocenters. The summed E-state index contributed by atoms with van der Waals surface area (Å²) in [5.41, 5.74) is -1.18. The number of nitrogens with one attached hydrogen (secondary N) is 2. The lowest BCUT2D eigenvalue weighted by atomic mass is 10.1. The third-order valence-electron chi connectivity index (χ3n) is 2.92. The largest absolute Gasteiger partial charge is 0.418 e. The summed E-state index contributed by atoms with van der Waals surface area (Å²) in [4.78, 5) is 25.3. The molecule has 0 aliphatic heterocycles. The Hall–Kier alpha value is -2.09. The molecule has 5 nitrogen and oxygen atoms in total. The van der Waals surface area contributed by atoms with Crippen molar-refractivity contribution in [2.24, 2.45) is 0 Å². The minimum absolute atomic E-state index is 0.0847. The van der Waals surface area contributed by atoms with Crippen LogP contribution in [-0.2, 0) is 15.8 Å². The molecule has 0 aromatic heterocycles. The normalized spacial score (nSPS) is 12.6. The topological polar surface area (TPSA) is 53.9 Å². The van der Waals surface area contributed by atoms with E-state index in [1.165, 1.54) is 23.1 Å². The highest BCUT2D eigenvalue weighted by Crippen LogP contribution is 2.34. The Morgan fingerprint density at radius 1 is 1.18 bits per heavy atom. The monoisotopic (exact) mass is 318 g/mol. The second kappa shape index (κ2) is 7.26. The zero-order valence-corrected chi connectivity index (χ0v) is 12.6. The first-order chi connectivity index (χ1) is 10.1. The van der Waals surface area contributed by atoms with Crippen LogP contribution in [0, 0.1) is 0 Å². The van der Waals surface area contributed by atoms with E-state index in [1.807, 2.05) is 0 Å². The zero-order valence-electron chi connectivity index (χ0n) is 12.6. The fraction of sp³-hybridized carbons (Fsp3) is 0.429. The molecule has 0 saturated carbocycles. The van der Waals surface area contributed by atoms with Gasteiger partial charge in [-0.25, -0.2) is 0 Å². The molecule has 1 aromatic carbocycles. The number of halogens is 3. The SMILES string of the molecule is CN(C)C(=O)C[NH+](C)CC(=O)Nc1ccccc1C(F)(F)F. The van der Waals surface area contributed by atoms with Crippen molar-refractivity contribution in [1.82, 2.24) is 4.90 Å². The maximum atomic E-state index is 12.8. The zero-order chi connectivity index (χ0) is 16.9. The first-order valence-electron chi connectivity index (χ1n) is 6.58. The number of carbonyl (C=O) groups excluding carboxylic acids is 2. The number of nitrogens with zero attached hydrogens (tertiary/aromatic N) is 1. The van der Waals surface area contributed by atoms with Crippen LogP contribution in [0.25, 0.3) is 0 Å². The fourth-order valence-electron chi connectivity index (χ4n) is 1.79. The molecule has 2 N–H and O–H groups in total. The van der Waals surface area contributed by atoms with Crippen molar-refractivity contribution < 1.29 is 27.7 Å². The minimum Gasteiger partial charge on any atom is -0.344 e. The first-order valence-corrected chi connectivity index (χ1v) is 6.58. The van der Waals surface area contributed by atoms with Gasteiger partial charge in [-0.1, -0.05) is 12.1 Å². The van der Waals surface area contributed by atoms with Crippen molar-refractivity contribution in [2.45, 2.75) is 6.18 Å². The van der Waals surface area contributed by atoms with E-state index in [0.717, 1.165) is 6.07 Å². The molecule has 1 unspecified atom stereocenters. The molecule has 0 radical (unpaired) electrons. The molecule has 0 fully saturated rings. The Kier molecular flexibility index (Phi) is 5.92. The second-order valence-corrected chi connectivity index (χ2v) is 5.19. The maximum Gasteiger partial charge on any atom is 0.418 e. The summed E-state index contributed by atoms with van der Waals surface area (Å²) in [7, 11) is 4.81. The average molecular weight is 318 g/mol. The number of hydrogen-bond acceptors (Lipinski definition) is 2. The Bertz CT molecular complexity index is 544. The third-order valence-corrected chi connectivity index (χ3v) is 2.92. The molecule has 0 saturated heterocycles. The number of para-hydroxylation sites is 1. The number of benzene rings is 1. The lowest BCUT2D eigenvalue weighted by Gasteiger charge is -2.17. The van der Waals surface area contributed by atoms with Crippen LogP contribution < -0.4 is 10.2 Å². The number of hydrogen-bond donors (Lipinski definition) is 2. The van der Waals surface area contributed by atoms with E-state index in [-0.39, 0.29) is 24.7 Å². The van der Waals surface area contributed by atoms with Crippen LogP contribution in [0.4, 0.5) is 18.9 Å². The highest BCUT2D eigenvalue weighted by Gasteiger charge is 2.33. The number of carbonyl (C=O) groups is 2. The standard InChI is InChI=1S/C14H18F3N3O2/c1-19(2)13(22)9-20(3)8-12(21)18-11-7-5-4-6-10(11)14(15,16)17/h4-7H,8-9H2,1-3H3,(H,18,21)/p+1. The van der Waals surface area contributed by atoms with E-state index in [9.17, 15) is 22.8 Å².